The average Bonchev–Trinajstić information content (AvgIpc) is 2.14. The molecule has 1 rings (SSSR count). The lowest BCUT2D eigenvalue weighted by atomic mass is 10.3. The van der Waals surface area contributed by atoms with Crippen LogP contribution in [0.25, 0.3) is 0 Å². The Balaban J connectivity index is 2.45. The smallest absolute Gasteiger partial charge is 0.265 e. The van der Waals surface area contributed by atoms with Crippen LogP contribution in [0.4, 0.5) is 20.3 Å². The zero-order valence-corrected chi connectivity index (χ0v) is 7.32. The molecule has 6 heteroatoms. The minimum atomic E-state index is -2.76. The van der Waals surface area contributed by atoms with E-state index in [2.05, 4.69) is 10.3 Å². The van der Waals surface area contributed by atoms with Gasteiger partial charge in [-0.25, -0.2) is 13.8 Å². The summed E-state index contributed by atoms with van der Waals surface area (Å²) < 4.78 is 23.8. The number of aromatic nitrogens is 1. The number of halogens is 2. The molecule has 4 nitrogen and oxygen atoms in total. The van der Waals surface area contributed by atoms with Gasteiger partial charge in [-0.15, -0.1) is 0 Å². The number of nitrogens with zero attached hydrogens (tertiary/aromatic N) is 1. The van der Waals surface area contributed by atoms with E-state index in [9.17, 15) is 8.78 Å². The third kappa shape index (κ3) is 3.14. The monoisotopic (exact) mass is 203 g/mol. The maximum Gasteiger partial charge on any atom is 0.265 e. The van der Waals surface area contributed by atoms with Crippen LogP contribution in [0.3, 0.4) is 0 Å². The van der Waals surface area contributed by atoms with E-state index < -0.39 is 12.5 Å². The van der Waals surface area contributed by atoms with Crippen molar-refractivity contribution in [3.63, 3.8) is 0 Å². The van der Waals surface area contributed by atoms with Gasteiger partial charge in [0.05, 0.1) is 0 Å². The van der Waals surface area contributed by atoms with E-state index in [1.54, 1.807) is 6.07 Å². The molecule has 0 saturated heterocycles. The van der Waals surface area contributed by atoms with Crippen LogP contribution in [0, 0.1) is 0 Å². The molecule has 1 atom stereocenters. The number of nitrogens with two attached hydrogens (primary N) is 1. The van der Waals surface area contributed by atoms with Gasteiger partial charge in [-0.3, -0.25) is 0 Å². The lowest BCUT2D eigenvalue weighted by Gasteiger charge is -2.10. The number of anilines is 2. The van der Waals surface area contributed by atoms with Gasteiger partial charge < -0.3 is 16.2 Å². The first kappa shape index (κ1) is 10.6. The number of aliphatic hydroxyl groups excluding tert-OH is 1. The quantitative estimate of drug-likeness (QED) is 0.673. The predicted octanol–water partition coefficient (Wildman–Crippen LogP) is 0.702. The molecule has 0 saturated carbocycles. The van der Waals surface area contributed by atoms with E-state index in [0.717, 1.165) is 0 Å². The van der Waals surface area contributed by atoms with Gasteiger partial charge in [-0.2, -0.15) is 0 Å². The van der Waals surface area contributed by atoms with Crippen molar-refractivity contribution in [1.82, 2.24) is 4.98 Å². The van der Waals surface area contributed by atoms with Crippen molar-refractivity contribution in [2.45, 2.75) is 12.5 Å². The first-order chi connectivity index (χ1) is 6.59. The minimum Gasteiger partial charge on any atom is -0.399 e. The fourth-order valence-corrected chi connectivity index (χ4v) is 0.842. The molecular formula is C8H11F2N3O. The van der Waals surface area contributed by atoms with Crippen LogP contribution in [0.2, 0.25) is 0 Å². The zero-order chi connectivity index (χ0) is 10.6. The van der Waals surface area contributed by atoms with Crippen molar-refractivity contribution >= 4 is 11.5 Å². The molecule has 1 unspecified atom stereocenters. The molecule has 0 aliphatic carbocycles. The van der Waals surface area contributed by atoms with E-state index in [1.807, 2.05) is 0 Å². The Bertz CT molecular complexity index is 296. The highest BCUT2D eigenvalue weighted by Crippen LogP contribution is 2.08. The number of alkyl halides is 2. The summed E-state index contributed by atoms with van der Waals surface area (Å²) in [6.45, 7) is -0.256. The molecule has 4 N–H and O–H groups in total. The Labute approximate surface area is 79.8 Å². The fraction of sp³-hybridized carbons (Fsp3) is 0.375. The van der Waals surface area contributed by atoms with Gasteiger partial charge in [0.1, 0.15) is 11.9 Å². The van der Waals surface area contributed by atoms with E-state index in [-0.39, 0.29) is 6.54 Å². The molecule has 0 aliphatic heterocycles. The fourth-order valence-electron chi connectivity index (χ4n) is 0.842. The van der Waals surface area contributed by atoms with Crippen molar-refractivity contribution in [1.29, 1.82) is 0 Å². The topological polar surface area (TPSA) is 71.2 Å². The molecule has 0 bridgehead atoms. The van der Waals surface area contributed by atoms with E-state index in [4.69, 9.17) is 10.8 Å². The van der Waals surface area contributed by atoms with Gasteiger partial charge in [-0.05, 0) is 6.07 Å². The summed E-state index contributed by atoms with van der Waals surface area (Å²) in [4.78, 5) is 3.82. The average molecular weight is 203 g/mol. The van der Waals surface area contributed by atoms with Crippen molar-refractivity contribution in [3.05, 3.63) is 18.3 Å². The van der Waals surface area contributed by atoms with Gasteiger partial charge in [-0.1, -0.05) is 0 Å². The second-order valence-corrected chi connectivity index (χ2v) is 2.76. The number of nitrogens with one attached hydrogen (secondary N) is 1. The van der Waals surface area contributed by atoms with Crippen LogP contribution >= 0.6 is 0 Å². The lowest BCUT2D eigenvalue weighted by Crippen LogP contribution is -2.27. The summed E-state index contributed by atoms with van der Waals surface area (Å²) in [6, 6.07) is 3.08. The van der Waals surface area contributed by atoms with Crippen molar-refractivity contribution in [3.8, 4) is 0 Å². The van der Waals surface area contributed by atoms with Gasteiger partial charge in [0, 0.05) is 24.5 Å². The van der Waals surface area contributed by atoms with Crippen LogP contribution in [0.1, 0.15) is 0 Å². The standard InChI is InChI=1S/C8H11F2N3O/c9-8(10)6(14)4-13-7-3-5(11)1-2-12-7/h1-3,6,8,14H,4H2,(H3,11,12,13). The molecule has 1 aromatic rings. The maximum atomic E-state index is 11.9. The highest BCUT2D eigenvalue weighted by Gasteiger charge is 2.15. The van der Waals surface area contributed by atoms with Crippen molar-refractivity contribution < 1.29 is 13.9 Å². The van der Waals surface area contributed by atoms with E-state index in [0.29, 0.717) is 11.5 Å². The van der Waals surface area contributed by atoms with Crippen LogP contribution in [-0.4, -0.2) is 29.2 Å². The summed E-state index contributed by atoms with van der Waals surface area (Å²) in [5.41, 5.74) is 5.91. The first-order valence-corrected chi connectivity index (χ1v) is 4.01. The summed E-state index contributed by atoms with van der Waals surface area (Å²) in [5, 5.41) is 11.3. The zero-order valence-electron chi connectivity index (χ0n) is 7.32. The van der Waals surface area contributed by atoms with Gasteiger partial charge in [0.2, 0.25) is 0 Å². The maximum absolute atomic E-state index is 11.9. The molecule has 0 fully saturated rings. The third-order valence-electron chi connectivity index (χ3n) is 1.57. The number of rotatable bonds is 4. The van der Waals surface area contributed by atoms with E-state index >= 15 is 0 Å². The molecule has 0 radical (unpaired) electrons. The van der Waals surface area contributed by atoms with Gasteiger partial charge in [0.25, 0.3) is 6.43 Å². The largest absolute Gasteiger partial charge is 0.399 e. The third-order valence-corrected chi connectivity index (χ3v) is 1.57. The SMILES string of the molecule is Nc1ccnc(NCC(O)C(F)F)c1. The highest BCUT2D eigenvalue weighted by molar-refractivity contribution is 5.48. The van der Waals surface area contributed by atoms with Gasteiger partial charge >= 0.3 is 0 Å². The van der Waals surface area contributed by atoms with Crippen LogP contribution in [-0.2, 0) is 0 Å². The molecule has 14 heavy (non-hydrogen) atoms. The van der Waals surface area contributed by atoms with Crippen LogP contribution in [0.5, 0.6) is 0 Å². The normalized spacial score (nSPS) is 12.9. The predicted molar refractivity (Wildman–Crippen MR) is 49.1 cm³/mol. The summed E-state index contributed by atoms with van der Waals surface area (Å²) in [7, 11) is 0. The Hall–Kier alpha value is -1.43. The molecule has 1 aromatic heterocycles. The molecule has 0 aromatic carbocycles. The highest BCUT2D eigenvalue weighted by atomic mass is 19.3. The molecule has 0 aliphatic rings. The lowest BCUT2D eigenvalue weighted by molar-refractivity contribution is 0.00381. The number of nitrogen functional groups attached to an aromatic ring is 1. The molecule has 78 valence electrons. The number of pyridine rings is 1. The van der Waals surface area contributed by atoms with Crippen molar-refractivity contribution in [2.75, 3.05) is 17.6 Å². The molecule has 1 heterocycles. The summed E-state index contributed by atoms with van der Waals surface area (Å²) >= 11 is 0. The molecule has 0 amide bonds. The second-order valence-electron chi connectivity index (χ2n) is 2.76. The van der Waals surface area contributed by atoms with Crippen LogP contribution in [0.15, 0.2) is 18.3 Å². The molecule has 0 spiro atoms. The Kier molecular flexibility index (Phi) is 3.58. The van der Waals surface area contributed by atoms with Gasteiger partial charge in [0.15, 0.2) is 0 Å². The Morgan fingerprint density at radius 3 is 2.86 bits per heavy atom. The molecular weight excluding hydrogens is 192 g/mol. The van der Waals surface area contributed by atoms with Crippen LogP contribution < -0.4 is 11.1 Å². The minimum absolute atomic E-state index is 0.256. The number of hydrogen-bond donors (Lipinski definition) is 3. The summed E-state index contributed by atoms with van der Waals surface area (Å²) in [5.74, 6) is 0.365. The van der Waals surface area contributed by atoms with E-state index in [1.165, 1.54) is 12.3 Å². The summed E-state index contributed by atoms with van der Waals surface area (Å²) in [6.07, 6.45) is -3.01. The number of hydrogen-bond acceptors (Lipinski definition) is 4. The Morgan fingerprint density at radius 2 is 2.29 bits per heavy atom. The Morgan fingerprint density at radius 1 is 1.57 bits per heavy atom. The first-order valence-electron chi connectivity index (χ1n) is 4.01. The number of aliphatic hydroxyl groups is 1. The second kappa shape index (κ2) is 4.71. The van der Waals surface area contributed by atoms with Crippen molar-refractivity contribution in [2.24, 2.45) is 0 Å².